The highest BCUT2D eigenvalue weighted by Crippen LogP contribution is 2.21. The van der Waals surface area contributed by atoms with Gasteiger partial charge in [-0.1, -0.05) is 13.8 Å². The number of hydrogen-bond donors (Lipinski definition) is 1. The van der Waals surface area contributed by atoms with E-state index in [9.17, 15) is 9.59 Å². The number of carbonyl (C=O) groups excluding carboxylic acids is 2. The monoisotopic (exact) mass is 302 g/mol. The quantitative estimate of drug-likeness (QED) is 0.876. The van der Waals surface area contributed by atoms with E-state index in [0.717, 1.165) is 31.5 Å². The van der Waals surface area contributed by atoms with E-state index in [-0.39, 0.29) is 17.9 Å². The number of nitrogens with zero attached hydrogens (tertiary/aromatic N) is 1. The molecule has 1 aromatic carbocycles. The van der Waals surface area contributed by atoms with Crippen LogP contribution in [0.4, 0.5) is 5.69 Å². The van der Waals surface area contributed by atoms with E-state index in [1.54, 1.807) is 17.0 Å². The number of amides is 2. The summed E-state index contributed by atoms with van der Waals surface area (Å²) in [5, 5.41) is 3.03. The maximum absolute atomic E-state index is 12.2. The summed E-state index contributed by atoms with van der Waals surface area (Å²) in [5.74, 6) is 0.770. The molecule has 4 heteroatoms. The van der Waals surface area contributed by atoms with Crippen LogP contribution >= 0.6 is 0 Å². The van der Waals surface area contributed by atoms with Gasteiger partial charge in [-0.3, -0.25) is 9.59 Å². The second-order valence-electron chi connectivity index (χ2n) is 6.54. The first kappa shape index (κ1) is 16.5. The highest BCUT2D eigenvalue weighted by Gasteiger charge is 2.21. The number of anilines is 1. The molecule has 1 heterocycles. The molecule has 2 amide bonds. The van der Waals surface area contributed by atoms with E-state index in [4.69, 9.17) is 0 Å². The summed E-state index contributed by atoms with van der Waals surface area (Å²) in [4.78, 5) is 25.7. The zero-order chi connectivity index (χ0) is 16.1. The minimum Gasteiger partial charge on any atom is -0.350 e. The van der Waals surface area contributed by atoms with Crippen LogP contribution in [0.3, 0.4) is 0 Å². The Bertz CT molecular complexity index is 522. The Labute approximate surface area is 132 Å². The summed E-state index contributed by atoms with van der Waals surface area (Å²) >= 11 is 0. The van der Waals surface area contributed by atoms with Gasteiger partial charge in [-0.15, -0.1) is 0 Å². The summed E-state index contributed by atoms with van der Waals surface area (Å²) in [6.45, 7) is 7.19. The molecule has 1 N–H and O–H groups in total. The lowest BCUT2D eigenvalue weighted by atomic mass is 10.0. The zero-order valence-electron chi connectivity index (χ0n) is 13.8. The summed E-state index contributed by atoms with van der Waals surface area (Å²) in [7, 11) is 0. The van der Waals surface area contributed by atoms with E-state index < -0.39 is 0 Å². The van der Waals surface area contributed by atoms with E-state index >= 15 is 0 Å². The molecule has 0 spiro atoms. The lowest BCUT2D eigenvalue weighted by Gasteiger charge is -2.17. The van der Waals surface area contributed by atoms with Gasteiger partial charge in [-0.05, 0) is 56.4 Å². The van der Waals surface area contributed by atoms with Crippen molar-refractivity contribution in [1.29, 1.82) is 0 Å². The third kappa shape index (κ3) is 4.33. The summed E-state index contributed by atoms with van der Waals surface area (Å²) in [5.41, 5.74) is 1.53. The number of hydrogen-bond acceptors (Lipinski definition) is 2. The first-order valence-corrected chi connectivity index (χ1v) is 8.18. The van der Waals surface area contributed by atoms with Crippen LogP contribution in [0, 0.1) is 5.92 Å². The Morgan fingerprint density at radius 3 is 2.41 bits per heavy atom. The molecule has 2 rings (SSSR count). The lowest BCUT2D eigenvalue weighted by molar-refractivity contribution is -0.117. The SMILES string of the molecule is CC(C)CCC(C)NC(=O)c1ccc(N2CCCC2=O)cc1. The molecule has 0 aromatic heterocycles. The molecule has 1 aliphatic rings. The fraction of sp³-hybridized carbons (Fsp3) is 0.556. The molecule has 1 saturated heterocycles. The molecule has 1 aromatic rings. The van der Waals surface area contributed by atoms with E-state index in [2.05, 4.69) is 19.2 Å². The lowest BCUT2D eigenvalue weighted by Crippen LogP contribution is -2.32. The molecule has 0 bridgehead atoms. The molecule has 1 aliphatic heterocycles. The second-order valence-corrected chi connectivity index (χ2v) is 6.54. The molecule has 22 heavy (non-hydrogen) atoms. The van der Waals surface area contributed by atoms with Crippen LogP contribution < -0.4 is 10.2 Å². The highest BCUT2D eigenvalue weighted by atomic mass is 16.2. The Morgan fingerprint density at radius 2 is 1.86 bits per heavy atom. The van der Waals surface area contributed by atoms with Crippen molar-refractivity contribution in [2.75, 3.05) is 11.4 Å². The predicted octanol–water partition coefficient (Wildman–Crippen LogP) is 3.37. The summed E-state index contributed by atoms with van der Waals surface area (Å²) in [6.07, 6.45) is 3.63. The van der Waals surface area contributed by atoms with Crippen LogP contribution in [0.1, 0.15) is 56.8 Å². The average molecular weight is 302 g/mol. The van der Waals surface area contributed by atoms with Crippen molar-refractivity contribution >= 4 is 17.5 Å². The van der Waals surface area contributed by atoms with Crippen molar-refractivity contribution < 1.29 is 9.59 Å². The van der Waals surface area contributed by atoms with Gasteiger partial charge in [-0.2, -0.15) is 0 Å². The van der Waals surface area contributed by atoms with Gasteiger partial charge in [0.05, 0.1) is 0 Å². The minimum absolute atomic E-state index is 0.0458. The Hall–Kier alpha value is -1.84. The predicted molar refractivity (Wildman–Crippen MR) is 89.0 cm³/mol. The largest absolute Gasteiger partial charge is 0.350 e. The van der Waals surface area contributed by atoms with Gasteiger partial charge >= 0.3 is 0 Å². The van der Waals surface area contributed by atoms with Crippen LogP contribution in [0.2, 0.25) is 0 Å². The average Bonchev–Trinajstić information content (AvgIpc) is 2.91. The second kappa shape index (κ2) is 7.43. The van der Waals surface area contributed by atoms with Crippen molar-refractivity contribution in [3.63, 3.8) is 0 Å². The molecule has 1 fully saturated rings. The van der Waals surface area contributed by atoms with Gasteiger partial charge in [0.2, 0.25) is 5.91 Å². The maximum Gasteiger partial charge on any atom is 0.251 e. The van der Waals surface area contributed by atoms with Crippen LogP contribution in [-0.2, 0) is 4.79 Å². The maximum atomic E-state index is 12.2. The first-order valence-electron chi connectivity index (χ1n) is 8.18. The van der Waals surface area contributed by atoms with Crippen LogP contribution in [0.25, 0.3) is 0 Å². The summed E-state index contributed by atoms with van der Waals surface area (Å²) in [6, 6.07) is 7.49. The fourth-order valence-corrected chi connectivity index (χ4v) is 2.68. The number of nitrogens with one attached hydrogen (secondary N) is 1. The molecule has 0 radical (unpaired) electrons. The van der Waals surface area contributed by atoms with Crippen molar-refractivity contribution in [3.8, 4) is 0 Å². The van der Waals surface area contributed by atoms with Crippen LogP contribution in [0.5, 0.6) is 0 Å². The first-order chi connectivity index (χ1) is 10.5. The molecular weight excluding hydrogens is 276 g/mol. The molecule has 120 valence electrons. The molecule has 0 aliphatic carbocycles. The molecule has 1 atom stereocenters. The van der Waals surface area contributed by atoms with Gasteiger partial charge in [0, 0.05) is 30.3 Å². The smallest absolute Gasteiger partial charge is 0.251 e. The normalized spacial score (nSPS) is 16.2. The zero-order valence-corrected chi connectivity index (χ0v) is 13.8. The van der Waals surface area contributed by atoms with E-state index in [1.165, 1.54) is 0 Å². The topological polar surface area (TPSA) is 49.4 Å². The highest BCUT2D eigenvalue weighted by molar-refractivity contribution is 5.97. The van der Waals surface area contributed by atoms with Gasteiger partial charge in [-0.25, -0.2) is 0 Å². The van der Waals surface area contributed by atoms with Crippen LogP contribution in [0.15, 0.2) is 24.3 Å². The standard InChI is InChI=1S/C18H26N2O2/c1-13(2)6-7-14(3)19-18(22)15-8-10-16(11-9-15)20-12-4-5-17(20)21/h8-11,13-14H,4-7,12H2,1-3H3,(H,19,22). The summed E-state index contributed by atoms with van der Waals surface area (Å²) < 4.78 is 0. The minimum atomic E-state index is -0.0458. The third-order valence-electron chi connectivity index (χ3n) is 4.07. The van der Waals surface area contributed by atoms with Crippen molar-refractivity contribution in [2.24, 2.45) is 5.92 Å². The van der Waals surface area contributed by atoms with Crippen molar-refractivity contribution in [1.82, 2.24) is 5.32 Å². The van der Waals surface area contributed by atoms with Gasteiger partial charge in [0.15, 0.2) is 0 Å². The van der Waals surface area contributed by atoms with E-state index in [1.807, 2.05) is 19.1 Å². The number of rotatable bonds is 6. The van der Waals surface area contributed by atoms with Gasteiger partial charge in [0.1, 0.15) is 0 Å². The Morgan fingerprint density at radius 1 is 1.18 bits per heavy atom. The van der Waals surface area contributed by atoms with Crippen molar-refractivity contribution in [2.45, 2.75) is 52.5 Å². The van der Waals surface area contributed by atoms with E-state index in [0.29, 0.717) is 17.9 Å². The number of carbonyl (C=O) groups is 2. The number of benzene rings is 1. The molecule has 4 nitrogen and oxygen atoms in total. The Kier molecular flexibility index (Phi) is 5.58. The van der Waals surface area contributed by atoms with Gasteiger partial charge < -0.3 is 10.2 Å². The molecule has 0 saturated carbocycles. The third-order valence-corrected chi connectivity index (χ3v) is 4.07. The Balaban J connectivity index is 1.92. The van der Waals surface area contributed by atoms with Gasteiger partial charge in [0.25, 0.3) is 5.91 Å². The van der Waals surface area contributed by atoms with Crippen molar-refractivity contribution in [3.05, 3.63) is 29.8 Å². The molecular formula is C18H26N2O2. The fourth-order valence-electron chi connectivity index (χ4n) is 2.68. The molecule has 1 unspecified atom stereocenters. The van der Waals surface area contributed by atoms with Crippen LogP contribution in [-0.4, -0.2) is 24.4 Å².